The average molecular weight is 566 g/mol. The van der Waals surface area contributed by atoms with Gasteiger partial charge in [0.1, 0.15) is 17.2 Å². The molecule has 2 aromatic heterocycles. The molecule has 1 N–H and O–H groups in total. The van der Waals surface area contributed by atoms with Gasteiger partial charge in [0.15, 0.2) is 5.82 Å². The summed E-state index contributed by atoms with van der Waals surface area (Å²) in [4.78, 5) is 18.5. The second-order valence-electron chi connectivity index (χ2n) is 11.6. The van der Waals surface area contributed by atoms with Gasteiger partial charge in [0, 0.05) is 37.0 Å². The number of benzene rings is 3. The van der Waals surface area contributed by atoms with Crippen molar-refractivity contribution in [1.29, 1.82) is 0 Å². The van der Waals surface area contributed by atoms with E-state index in [9.17, 15) is 4.79 Å². The Labute approximate surface area is 247 Å². The van der Waals surface area contributed by atoms with Crippen molar-refractivity contribution >= 4 is 17.0 Å². The lowest BCUT2D eigenvalue weighted by Crippen LogP contribution is -2.38. The molecule has 1 atom stereocenters. The topological polar surface area (TPSA) is 85.3 Å². The number of hydrogen-bond acceptors (Lipinski definition) is 5. The van der Waals surface area contributed by atoms with Gasteiger partial charge in [-0.1, -0.05) is 60.7 Å². The van der Waals surface area contributed by atoms with E-state index in [4.69, 9.17) is 19.7 Å². The Morgan fingerprint density at radius 1 is 0.929 bits per heavy atom. The second-order valence-corrected chi connectivity index (χ2v) is 11.6. The van der Waals surface area contributed by atoms with Crippen LogP contribution in [0.2, 0.25) is 0 Å². The van der Waals surface area contributed by atoms with Gasteiger partial charge in [-0.2, -0.15) is 0 Å². The van der Waals surface area contributed by atoms with Gasteiger partial charge in [0.2, 0.25) is 0 Å². The van der Waals surface area contributed by atoms with Gasteiger partial charge in [-0.15, -0.1) is 10.2 Å². The normalized spacial score (nSPS) is 12.3. The van der Waals surface area contributed by atoms with Gasteiger partial charge in [0.25, 0.3) is 0 Å². The zero-order valence-electron chi connectivity index (χ0n) is 25.0. The van der Waals surface area contributed by atoms with Crippen molar-refractivity contribution in [2.24, 2.45) is 0 Å². The first-order chi connectivity index (χ1) is 20.2. The number of nitrogens with zero attached hydrogens (tertiary/aromatic N) is 4. The van der Waals surface area contributed by atoms with Crippen LogP contribution in [-0.2, 0) is 30.5 Å². The molecule has 5 aromatic rings. The van der Waals surface area contributed by atoms with Crippen molar-refractivity contribution < 1.29 is 14.3 Å². The fraction of sp³-hybridized carbons (Fsp3) is 0.324. The van der Waals surface area contributed by atoms with Crippen molar-refractivity contribution in [1.82, 2.24) is 24.6 Å². The number of amides is 1. The Morgan fingerprint density at radius 3 is 2.36 bits per heavy atom. The molecule has 0 radical (unpaired) electrons. The van der Waals surface area contributed by atoms with Gasteiger partial charge in [-0.3, -0.25) is 0 Å². The Bertz CT molecular complexity index is 1620. The third-order valence-electron chi connectivity index (χ3n) is 7.37. The summed E-state index contributed by atoms with van der Waals surface area (Å²) in [6.45, 7) is 6.19. The van der Waals surface area contributed by atoms with Crippen LogP contribution >= 0.6 is 0 Å². The van der Waals surface area contributed by atoms with Crippen LogP contribution < -0.4 is 4.74 Å². The van der Waals surface area contributed by atoms with Crippen LogP contribution in [0.1, 0.15) is 55.2 Å². The first kappa shape index (κ1) is 28.9. The van der Waals surface area contributed by atoms with E-state index in [2.05, 4.69) is 58.1 Å². The maximum absolute atomic E-state index is 13.4. The second kappa shape index (κ2) is 12.5. The van der Waals surface area contributed by atoms with Gasteiger partial charge in [0.05, 0.1) is 19.7 Å². The first-order valence-corrected chi connectivity index (χ1v) is 14.3. The number of aromatic nitrogens is 4. The molecule has 0 spiro atoms. The van der Waals surface area contributed by atoms with Gasteiger partial charge < -0.3 is 23.9 Å². The van der Waals surface area contributed by atoms with Gasteiger partial charge in [-0.25, -0.2) is 4.79 Å². The number of fused-ring (bicyclic) bond motifs is 1. The predicted molar refractivity (Wildman–Crippen MR) is 165 cm³/mol. The summed E-state index contributed by atoms with van der Waals surface area (Å²) in [7, 11) is 3.44. The molecule has 218 valence electrons. The van der Waals surface area contributed by atoms with Crippen LogP contribution in [0.3, 0.4) is 0 Å². The largest absolute Gasteiger partial charge is 0.497 e. The molecule has 2 heterocycles. The number of hydrogen-bond donors (Lipinski definition) is 1. The molecule has 0 saturated heterocycles. The lowest BCUT2D eigenvalue weighted by molar-refractivity contribution is 0.0209. The fourth-order valence-electron chi connectivity index (χ4n) is 5.14. The molecular formula is C34H39N5O3. The summed E-state index contributed by atoms with van der Waals surface area (Å²) < 4.78 is 13.3. The molecule has 0 fully saturated rings. The Kier molecular flexibility index (Phi) is 8.61. The number of aromatic amines is 1. The van der Waals surface area contributed by atoms with E-state index < -0.39 is 17.7 Å². The molecule has 0 saturated carbocycles. The van der Waals surface area contributed by atoms with Crippen LogP contribution in [0.4, 0.5) is 4.79 Å². The molecule has 1 amide bonds. The van der Waals surface area contributed by atoms with Crippen molar-refractivity contribution in [3.8, 4) is 5.75 Å². The molecule has 0 aliphatic heterocycles. The number of aryl methyl sites for hydroxylation is 2. The van der Waals surface area contributed by atoms with E-state index in [-0.39, 0.29) is 0 Å². The van der Waals surface area contributed by atoms with Crippen LogP contribution in [0.5, 0.6) is 5.75 Å². The number of likely N-dealkylation sites (N-methyl/N-ethyl adjacent to an activating group) is 1. The molecule has 42 heavy (non-hydrogen) atoms. The summed E-state index contributed by atoms with van der Waals surface area (Å²) in [5, 5.41) is 10.6. The Balaban J connectivity index is 1.55. The third kappa shape index (κ3) is 6.82. The monoisotopic (exact) mass is 565 g/mol. The fourth-order valence-corrected chi connectivity index (χ4v) is 5.14. The summed E-state index contributed by atoms with van der Waals surface area (Å²) in [6.07, 6.45) is 3.69. The van der Waals surface area contributed by atoms with Crippen molar-refractivity contribution in [3.05, 3.63) is 113 Å². The summed E-state index contributed by atoms with van der Waals surface area (Å²) in [5.74, 6) is 2.38. The molecule has 8 heteroatoms. The SMILES string of the molecule is COc1ccc(Cn2c(CCc3ccccc3)nnc2[C@@H](Cc2c[nH]c3ccccc23)N(C)C(=O)OC(C)(C)C)cc1. The lowest BCUT2D eigenvalue weighted by atomic mass is 10.0. The highest BCUT2D eigenvalue weighted by Crippen LogP contribution is 2.30. The minimum absolute atomic E-state index is 0.405. The van der Waals surface area contributed by atoms with E-state index >= 15 is 0 Å². The highest BCUT2D eigenvalue weighted by Gasteiger charge is 2.32. The minimum atomic E-state index is -0.631. The van der Waals surface area contributed by atoms with Crippen molar-refractivity contribution in [3.63, 3.8) is 0 Å². The first-order valence-electron chi connectivity index (χ1n) is 14.3. The zero-order chi connectivity index (χ0) is 29.7. The standard InChI is InChI=1S/C34H39N5O3/c1-34(2,3)42-33(40)38(4)30(21-26-22-35-29-14-10-9-13-28(26)29)32-37-36-31(20-17-24-11-7-6-8-12-24)39(32)23-25-15-18-27(41-5)19-16-25/h6-16,18-19,22,30,35H,17,20-21,23H2,1-5H3/t30-/m1/s1. The van der Waals surface area contributed by atoms with Gasteiger partial charge >= 0.3 is 6.09 Å². The molecule has 5 rings (SSSR count). The van der Waals surface area contributed by atoms with Crippen LogP contribution in [-0.4, -0.2) is 50.5 Å². The highest BCUT2D eigenvalue weighted by atomic mass is 16.6. The Morgan fingerprint density at radius 2 is 1.64 bits per heavy atom. The number of methoxy groups -OCH3 is 1. The smallest absolute Gasteiger partial charge is 0.410 e. The highest BCUT2D eigenvalue weighted by molar-refractivity contribution is 5.83. The van der Waals surface area contributed by atoms with Crippen LogP contribution in [0.25, 0.3) is 10.9 Å². The molecule has 0 unspecified atom stereocenters. The summed E-state index contributed by atoms with van der Waals surface area (Å²) >= 11 is 0. The van der Waals surface area contributed by atoms with E-state index in [1.165, 1.54) is 5.56 Å². The lowest BCUT2D eigenvalue weighted by Gasteiger charge is -2.30. The molecule has 0 bridgehead atoms. The number of nitrogens with one attached hydrogen (secondary N) is 1. The number of para-hydroxylation sites is 1. The van der Waals surface area contributed by atoms with Crippen LogP contribution in [0, 0.1) is 0 Å². The number of rotatable bonds is 10. The number of H-pyrrole nitrogens is 1. The number of carbonyl (C=O) groups excluding carboxylic acids is 1. The van der Waals surface area contributed by atoms with Crippen LogP contribution in [0.15, 0.2) is 85.1 Å². The van der Waals surface area contributed by atoms with Crippen molar-refractivity contribution in [2.45, 2.75) is 58.2 Å². The Hall–Kier alpha value is -4.59. The van der Waals surface area contributed by atoms with Gasteiger partial charge in [-0.05, 0) is 62.1 Å². The average Bonchev–Trinajstić information content (AvgIpc) is 3.58. The summed E-state index contributed by atoms with van der Waals surface area (Å²) in [5.41, 5.74) is 3.84. The van der Waals surface area contributed by atoms with E-state index in [1.807, 2.05) is 57.3 Å². The van der Waals surface area contributed by atoms with Crippen molar-refractivity contribution in [2.75, 3.05) is 14.2 Å². The maximum Gasteiger partial charge on any atom is 0.410 e. The molecule has 0 aliphatic carbocycles. The summed E-state index contributed by atoms with van der Waals surface area (Å²) in [6, 6.07) is 26.2. The minimum Gasteiger partial charge on any atom is -0.497 e. The molecule has 3 aromatic carbocycles. The molecular weight excluding hydrogens is 526 g/mol. The van der Waals surface area contributed by atoms with E-state index in [1.54, 1.807) is 19.1 Å². The number of carbonyl (C=O) groups is 1. The predicted octanol–water partition coefficient (Wildman–Crippen LogP) is 6.75. The maximum atomic E-state index is 13.4. The zero-order valence-corrected chi connectivity index (χ0v) is 25.0. The van der Waals surface area contributed by atoms with E-state index in [0.717, 1.165) is 40.0 Å². The third-order valence-corrected chi connectivity index (χ3v) is 7.37. The molecule has 0 aliphatic rings. The number of ether oxygens (including phenoxy) is 2. The van der Waals surface area contributed by atoms with E-state index in [0.29, 0.717) is 25.2 Å². The molecule has 8 nitrogen and oxygen atoms in total. The quantitative estimate of drug-likeness (QED) is 0.202.